The Morgan fingerprint density at radius 3 is 2.09 bits per heavy atom. The van der Waals surface area contributed by atoms with Gasteiger partial charge in [-0.2, -0.15) is 10.2 Å². The molecule has 2 bridgehead atoms. The summed E-state index contributed by atoms with van der Waals surface area (Å²) in [7, 11) is 0. The molecule has 0 unspecified atom stereocenters. The molecule has 0 spiro atoms. The maximum Gasteiger partial charge on any atom is 0.121 e. The number of rotatable bonds is 2. The predicted molar refractivity (Wildman–Crippen MR) is 131 cm³/mol. The predicted octanol–water partition coefficient (Wildman–Crippen LogP) is 7.78. The van der Waals surface area contributed by atoms with Crippen molar-refractivity contribution in [2.75, 3.05) is 0 Å². The molecule has 156 valence electrons. The highest BCUT2D eigenvalue weighted by atomic mass is 15.3. The van der Waals surface area contributed by atoms with Crippen molar-refractivity contribution in [1.29, 1.82) is 0 Å². The van der Waals surface area contributed by atoms with E-state index in [0.717, 1.165) is 6.42 Å². The monoisotopic (exact) mass is 414 g/mol. The molecular weight excluding hydrogens is 388 g/mol. The topological polar surface area (TPSA) is 24.7 Å². The molecule has 3 aliphatic rings. The SMILES string of the molecule is CC1(C)[C@]2(c3ccccc3)N=N[C@@]1(c1ccc3cc4ccccc4cc3c1)[C@H]1C=CC[C@H]12. The highest BCUT2D eigenvalue weighted by Gasteiger charge is 2.77. The van der Waals surface area contributed by atoms with E-state index in [1.165, 1.54) is 32.7 Å². The lowest BCUT2D eigenvalue weighted by molar-refractivity contribution is 0.150. The number of hydrogen-bond acceptors (Lipinski definition) is 2. The number of nitrogens with zero attached hydrogens (tertiary/aromatic N) is 2. The molecule has 7 rings (SSSR count). The molecule has 1 aliphatic heterocycles. The zero-order valence-electron chi connectivity index (χ0n) is 18.5. The van der Waals surface area contributed by atoms with Crippen LogP contribution in [0.2, 0.25) is 0 Å². The standard InChI is InChI=1S/C30H26N2/c1-28(2)29(24-11-4-3-5-12-24)26-13-8-14-27(26)30(28,32-31-29)25-16-15-22-17-20-9-6-7-10-21(20)18-23(22)19-25/h3-12,14-19,26-27H,13H2,1-2H3/t26-,27+,29-,30+/m1/s1. The van der Waals surface area contributed by atoms with E-state index in [1.807, 2.05) is 0 Å². The van der Waals surface area contributed by atoms with Crippen LogP contribution in [0.1, 0.15) is 31.4 Å². The second-order valence-corrected chi connectivity index (χ2v) is 10.3. The summed E-state index contributed by atoms with van der Waals surface area (Å²) in [5.74, 6) is 0.817. The van der Waals surface area contributed by atoms with Crippen LogP contribution < -0.4 is 0 Å². The van der Waals surface area contributed by atoms with Crippen LogP contribution in [0.3, 0.4) is 0 Å². The van der Waals surface area contributed by atoms with Gasteiger partial charge in [-0.15, -0.1) is 0 Å². The van der Waals surface area contributed by atoms with Crippen molar-refractivity contribution in [3.63, 3.8) is 0 Å². The van der Waals surface area contributed by atoms with Gasteiger partial charge in [0.2, 0.25) is 0 Å². The lowest BCUT2D eigenvalue weighted by Crippen LogP contribution is -2.44. The van der Waals surface area contributed by atoms with E-state index in [2.05, 4.69) is 111 Å². The van der Waals surface area contributed by atoms with Gasteiger partial charge in [-0.05, 0) is 57.3 Å². The van der Waals surface area contributed by atoms with Gasteiger partial charge in [-0.25, -0.2) is 0 Å². The van der Waals surface area contributed by atoms with Crippen LogP contribution >= 0.6 is 0 Å². The maximum absolute atomic E-state index is 5.19. The molecule has 0 aromatic heterocycles. The van der Waals surface area contributed by atoms with E-state index in [1.54, 1.807) is 0 Å². The second-order valence-electron chi connectivity index (χ2n) is 10.3. The summed E-state index contributed by atoms with van der Waals surface area (Å²) < 4.78 is 0. The molecule has 4 atom stereocenters. The zero-order valence-corrected chi connectivity index (χ0v) is 18.5. The zero-order chi connectivity index (χ0) is 21.6. The molecule has 0 radical (unpaired) electrons. The van der Waals surface area contributed by atoms with Crippen LogP contribution in [0.4, 0.5) is 0 Å². The molecule has 32 heavy (non-hydrogen) atoms. The van der Waals surface area contributed by atoms with Gasteiger partial charge in [0.15, 0.2) is 0 Å². The first-order valence-electron chi connectivity index (χ1n) is 11.7. The third-order valence-corrected chi connectivity index (χ3v) is 8.82. The average molecular weight is 415 g/mol. The molecule has 1 fully saturated rings. The van der Waals surface area contributed by atoms with E-state index in [0.29, 0.717) is 11.8 Å². The lowest BCUT2D eigenvalue weighted by atomic mass is 9.61. The minimum absolute atomic E-state index is 0.133. The molecule has 2 nitrogen and oxygen atoms in total. The molecule has 1 saturated carbocycles. The van der Waals surface area contributed by atoms with Crippen LogP contribution in [-0.2, 0) is 11.1 Å². The van der Waals surface area contributed by atoms with Gasteiger partial charge in [0.25, 0.3) is 0 Å². The largest absolute Gasteiger partial charge is 0.181 e. The summed E-state index contributed by atoms with van der Waals surface area (Å²) in [5.41, 5.74) is 1.83. The van der Waals surface area contributed by atoms with Crippen LogP contribution in [0.15, 0.2) is 107 Å². The lowest BCUT2D eigenvalue weighted by Gasteiger charge is -2.41. The normalized spacial score (nSPS) is 31.6. The Kier molecular flexibility index (Phi) is 3.41. The summed E-state index contributed by atoms with van der Waals surface area (Å²) in [5, 5.41) is 15.5. The molecule has 1 heterocycles. The average Bonchev–Trinajstić information content (AvgIpc) is 3.45. The molecule has 2 aliphatic carbocycles. The Morgan fingerprint density at radius 1 is 0.656 bits per heavy atom. The first kappa shape index (κ1) is 18.3. The maximum atomic E-state index is 5.19. The second kappa shape index (κ2) is 5.95. The van der Waals surface area contributed by atoms with Crippen molar-refractivity contribution in [3.05, 3.63) is 108 Å². The first-order valence-corrected chi connectivity index (χ1v) is 11.7. The van der Waals surface area contributed by atoms with Gasteiger partial charge in [0.1, 0.15) is 11.1 Å². The Balaban J connectivity index is 1.48. The Labute approximate surface area is 188 Å². The molecule has 4 aromatic rings. The molecule has 0 amide bonds. The molecule has 4 aromatic carbocycles. The van der Waals surface area contributed by atoms with Crippen LogP contribution in [0, 0.1) is 17.3 Å². The van der Waals surface area contributed by atoms with Crippen molar-refractivity contribution < 1.29 is 0 Å². The van der Waals surface area contributed by atoms with Crippen molar-refractivity contribution in [2.24, 2.45) is 27.5 Å². The first-order chi connectivity index (χ1) is 15.6. The number of allylic oxidation sites excluding steroid dienone is 1. The third kappa shape index (κ3) is 1.93. The molecule has 0 saturated heterocycles. The van der Waals surface area contributed by atoms with Gasteiger partial charge in [-0.3, -0.25) is 0 Å². The van der Waals surface area contributed by atoms with Crippen LogP contribution in [-0.4, -0.2) is 0 Å². The minimum Gasteiger partial charge on any atom is -0.181 e. The van der Waals surface area contributed by atoms with E-state index < -0.39 is 0 Å². The van der Waals surface area contributed by atoms with Gasteiger partial charge < -0.3 is 0 Å². The Bertz CT molecular complexity index is 1450. The minimum atomic E-state index is -0.347. The Hall–Kier alpha value is -3.26. The number of azo groups is 1. The molecule has 0 N–H and O–H groups in total. The fraction of sp³-hybridized carbons (Fsp3) is 0.267. The van der Waals surface area contributed by atoms with Gasteiger partial charge >= 0.3 is 0 Å². The van der Waals surface area contributed by atoms with Crippen molar-refractivity contribution in [2.45, 2.75) is 31.3 Å². The van der Waals surface area contributed by atoms with Crippen LogP contribution in [0.5, 0.6) is 0 Å². The number of hydrogen-bond donors (Lipinski definition) is 0. The summed E-state index contributed by atoms with van der Waals surface area (Å²) in [6.45, 7) is 4.80. The summed E-state index contributed by atoms with van der Waals surface area (Å²) in [6.07, 6.45) is 5.86. The summed E-state index contributed by atoms with van der Waals surface area (Å²) >= 11 is 0. The summed E-state index contributed by atoms with van der Waals surface area (Å²) in [6, 6.07) is 31.1. The molecule has 2 heteroatoms. The van der Waals surface area contributed by atoms with E-state index in [-0.39, 0.29) is 16.5 Å². The van der Waals surface area contributed by atoms with Crippen molar-refractivity contribution >= 4 is 21.5 Å². The smallest absolute Gasteiger partial charge is 0.121 e. The van der Waals surface area contributed by atoms with E-state index >= 15 is 0 Å². The number of benzene rings is 4. The van der Waals surface area contributed by atoms with Crippen molar-refractivity contribution in [3.8, 4) is 0 Å². The highest BCUT2D eigenvalue weighted by molar-refractivity contribution is 5.98. The van der Waals surface area contributed by atoms with Crippen molar-refractivity contribution in [1.82, 2.24) is 0 Å². The van der Waals surface area contributed by atoms with Gasteiger partial charge in [0, 0.05) is 17.3 Å². The van der Waals surface area contributed by atoms with Gasteiger partial charge in [0.05, 0.1) is 0 Å². The third-order valence-electron chi connectivity index (χ3n) is 8.82. The Morgan fingerprint density at radius 2 is 1.31 bits per heavy atom. The quantitative estimate of drug-likeness (QED) is 0.236. The van der Waals surface area contributed by atoms with Crippen LogP contribution in [0.25, 0.3) is 21.5 Å². The van der Waals surface area contributed by atoms with E-state index in [9.17, 15) is 0 Å². The molecular formula is C30H26N2. The number of fused-ring (bicyclic) bond motifs is 7. The summed E-state index contributed by atoms with van der Waals surface area (Å²) in [4.78, 5) is 0. The van der Waals surface area contributed by atoms with E-state index in [4.69, 9.17) is 10.2 Å². The highest BCUT2D eigenvalue weighted by Crippen LogP contribution is 2.76. The fourth-order valence-electron chi connectivity index (χ4n) is 7.35. The van der Waals surface area contributed by atoms with Gasteiger partial charge in [-0.1, -0.05) is 92.7 Å². The fourth-order valence-corrected chi connectivity index (χ4v) is 7.35.